The van der Waals surface area contributed by atoms with E-state index >= 15 is 0 Å². The molecule has 4 heterocycles. The van der Waals surface area contributed by atoms with Gasteiger partial charge in [-0.1, -0.05) is 6.92 Å². The molecule has 1 amide bonds. The number of hydrogen-bond donors (Lipinski definition) is 2. The second kappa shape index (κ2) is 9.35. The standard InChI is InChI=1S/C21H27F3N6O2/c1-14-4-2-9-30(13-14)20-28-18(21(22,23)24)17(32-20)19(31)27-15-5-6-16(26-12-15)29-10-3-7-25-8-11-29/h5-6,12,14,25H,2-4,7-11,13H2,1H3,(H,27,31). The maximum Gasteiger partial charge on any atom is 0.437 e. The molecule has 0 radical (unpaired) electrons. The maximum atomic E-state index is 13.6. The zero-order valence-electron chi connectivity index (χ0n) is 17.9. The lowest BCUT2D eigenvalue weighted by Crippen LogP contribution is -2.34. The highest BCUT2D eigenvalue weighted by molar-refractivity contribution is 6.03. The van der Waals surface area contributed by atoms with E-state index < -0.39 is 23.5 Å². The number of anilines is 3. The molecule has 2 fully saturated rings. The summed E-state index contributed by atoms with van der Waals surface area (Å²) in [6.45, 7) is 6.56. The molecule has 2 aromatic rings. The van der Waals surface area contributed by atoms with Crippen molar-refractivity contribution >= 4 is 23.4 Å². The molecule has 2 N–H and O–H groups in total. The molecule has 2 aromatic heterocycles. The van der Waals surface area contributed by atoms with Crippen molar-refractivity contribution in [3.8, 4) is 0 Å². The SMILES string of the molecule is CC1CCCN(c2nc(C(F)(F)F)c(C(=O)Nc3ccc(N4CCCNCC4)nc3)o2)C1. The number of pyridine rings is 1. The molecule has 0 bridgehead atoms. The van der Waals surface area contributed by atoms with Gasteiger partial charge in [0.1, 0.15) is 5.82 Å². The van der Waals surface area contributed by atoms with E-state index in [-0.39, 0.29) is 11.7 Å². The third kappa shape index (κ3) is 5.14. The van der Waals surface area contributed by atoms with Gasteiger partial charge in [0.25, 0.3) is 11.9 Å². The van der Waals surface area contributed by atoms with Crippen molar-refractivity contribution in [2.75, 3.05) is 54.4 Å². The van der Waals surface area contributed by atoms with Crippen LogP contribution >= 0.6 is 0 Å². The fourth-order valence-electron chi connectivity index (χ4n) is 4.06. The van der Waals surface area contributed by atoms with Crippen LogP contribution in [0.25, 0.3) is 0 Å². The van der Waals surface area contributed by atoms with E-state index in [4.69, 9.17) is 4.42 Å². The summed E-state index contributed by atoms with van der Waals surface area (Å²) in [5, 5.41) is 5.76. The molecule has 174 valence electrons. The lowest BCUT2D eigenvalue weighted by molar-refractivity contribution is -0.141. The van der Waals surface area contributed by atoms with Crippen LogP contribution in [0.4, 0.5) is 30.7 Å². The Bertz CT molecular complexity index is 923. The molecule has 8 nitrogen and oxygen atoms in total. The molecule has 0 aliphatic carbocycles. The van der Waals surface area contributed by atoms with Crippen molar-refractivity contribution in [3.05, 3.63) is 29.8 Å². The number of carbonyl (C=O) groups is 1. The Labute approximate surface area is 184 Å². The molecule has 0 spiro atoms. The highest BCUT2D eigenvalue weighted by atomic mass is 19.4. The van der Waals surface area contributed by atoms with Gasteiger partial charge in [-0.25, -0.2) is 4.98 Å². The van der Waals surface area contributed by atoms with Gasteiger partial charge >= 0.3 is 6.18 Å². The minimum absolute atomic E-state index is 0.169. The average molecular weight is 452 g/mol. The third-order valence-electron chi connectivity index (χ3n) is 5.69. The zero-order valence-corrected chi connectivity index (χ0v) is 17.9. The number of carbonyl (C=O) groups excluding carboxylic acids is 1. The van der Waals surface area contributed by atoms with Crippen molar-refractivity contribution in [2.45, 2.75) is 32.4 Å². The van der Waals surface area contributed by atoms with Crippen LogP contribution in [0.5, 0.6) is 0 Å². The molecular weight excluding hydrogens is 425 g/mol. The Morgan fingerprint density at radius 2 is 2.00 bits per heavy atom. The van der Waals surface area contributed by atoms with E-state index in [9.17, 15) is 18.0 Å². The highest BCUT2D eigenvalue weighted by Crippen LogP contribution is 2.35. The van der Waals surface area contributed by atoms with Gasteiger partial charge in [-0.15, -0.1) is 0 Å². The summed E-state index contributed by atoms with van der Waals surface area (Å²) in [6.07, 6.45) is -0.559. The number of alkyl halides is 3. The van der Waals surface area contributed by atoms with Gasteiger partial charge in [-0.3, -0.25) is 4.79 Å². The van der Waals surface area contributed by atoms with E-state index in [1.165, 1.54) is 6.20 Å². The highest BCUT2D eigenvalue weighted by Gasteiger charge is 2.42. The smallest absolute Gasteiger partial charge is 0.417 e. The number of aromatic nitrogens is 2. The van der Waals surface area contributed by atoms with Crippen molar-refractivity contribution in [1.82, 2.24) is 15.3 Å². The summed E-state index contributed by atoms with van der Waals surface area (Å²) in [6, 6.07) is 3.19. The van der Waals surface area contributed by atoms with Crippen LogP contribution in [0, 0.1) is 5.92 Å². The van der Waals surface area contributed by atoms with Gasteiger partial charge in [0.2, 0.25) is 5.76 Å². The number of amides is 1. The Kier molecular flexibility index (Phi) is 6.54. The molecule has 0 saturated carbocycles. The topological polar surface area (TPSA) is 86.5 Å². The molecule has 2 saturated heterocycles. The molecule has 2 aliphatic rings. The maximum absolute atomic E-state index is 13.6. The van der Waals surface area contributed by atoms with Gasteiger partial charge in [-0.2, -0.15) is 18.2 Å². The summed E-state index contributed by atoms with van der Waals surface area (Å²) in [5.41, 5.74) is -1.03. The van der Waals surface area contributed by atoms with E-state index in [1.807, 2.05) is 6.92 Å². The van der Waals surface area contributed by atoms with Gasteiger partial charge in [0, 0.05) is 32.7 Å². The lowest BCUT2D eigenvalue weighted by Gasteiger charge is -2.29. The first kappa shape index (κ1) is 22.4. The Balaban J connectivity index is 1.50. The van der Waals surface area contributed by atoms with Crippen LogP contribution in [0.3, 0.4) is 0 Å². The minimum atomic E-state index is -4.81. The summed E-state index contributed by atoms with van der Waals surface area (Å²) in [5.74, 6) is -0.779. The number of oxazole rings is 1. The van der Waals surface area contributed by atoms with Gasteiger partial charge < -0.3 is 24.9 Å². The lowest BCUT2D eigenvalue weighted by atomic mass is 10.0. The second-order valence-corrected chi connectivity index (χ2v) is 8.32. The summed E-state index contributed by atoms with van der Waals surface area (Å²) in [4.78, 5) is 24.4. The van der Waals surface area contributed by atoms with Crippen LogP contribution in [0.1, 0.15) is 42.4 Å². The Morgan fingerprint density at radius 1 is 1.19 bits per heavy atom. The quantitative estimate of drug-likeness (QED) is 0.736. The first-order valence-electron chi connectivity index (χ1n) is 10.9. The molecule has 2 aliphatic heterocycles. The van der Waals surface area contributed by atoms with Crippen molar-refractivity contribution < 1.29 is 22.4 Å². The number of piperidine rings is 1. The zero-order chi connectivity index (χ0) is 22.7. The number of halogens is 3. The minimum Gasteiger partial charge on any atom is -0.417 e. The summed E-state index contributed by atoms with van der Waals surface area (Å²) >= 11 is 0. The van der Waals surface area contributed by atoms with Gasteiger partial charge in [0.05, 0.1) is 11.9 Å². The Hall–Kier alpha value is -2.82. The van der Waals surface area contributed by atoms with Crippen molar-refractivity contribution in [2.24, 2.45) is 5.92 Å². The third-order valence-corrected chi connectivity index (χ3v) is 5.69. The summed E-state index contributed by atoms with van der Waals surface area (Å²) < 4.78 is 46.0. The van der Waals surface area contributed by atoms with E-state index in [0.717, 1.165) is 51.3 Å². The van der Waals surface area contributed by atoms with Crippen molar-refractivity contribution in [3.63, 3.8) is 0 Å². The number of nitrogens with one attached hydrogen (secondary N) is 2. The predicted octanol–water partition coefficient (Wildman–Crippen LogP) is 3.38. The largest absolute Gasteiger partial charge is 0.437 e. The molecule has 1 atom stereocenters. The normalized spacial score (nSPS) is 20.2. The molecule has 11 heteroatoms. The monoisotopic (exact) mass is 452 g/mol. The molecule has 32 heavy (non-hydrogen) atoms. The fourth-order valence-corrected chi connectivity index (χ4v) is 4.06. The molecular formula is C21H27F3N6O2. The van der Waals surface area contributed by atoms with Gasteiger partial charge in [-0.05, 0) is 43.9 Å². The average Bonchev–Trinajstić information content (AvgIpc) is 3.05. The van der Waals surface area contributed by atoms with Crippen LogP contribution in [0.15, 0.2) is 22.7 Å². The second-order valence-electron chi connectivity index (χ2n) is 8.32. The van der Waals surface area contributed by atoms with Crippen LogP contribution in [-0.2, 0) is 6.18 Å². The van der Waals surface area contributed by atoms with Crippen LogP contribution in [0.2, 0.25) is 0 Å². The predicted molar refractivity (Wildman–Crippen MR) is 114 cm³/mol. The molecule has 0 aromatic carbocycles. The number of rotatable bonds is 4. The number of hydrogen-bond acceptors (Lipinski definition) is 7. The van der Waals surface area contributed by atoms with Crippen LogP contribution in [-0.4, -0.2) is 55.1 Å². The van der Waals surface area contributed by atoms with E-state index in [1.54, 1.807) is 17.0 Å². The van der Waals surface area contributed by atoms with Crippen molar-refractivity contribution in [1.29, 1.82) is 0 Å². The first-order valence-corrected chi connectivity index (χ1v) is 10.9. The van der Waals surface area contributed by atoms with E-state index in [0.29, 0.717) is 19.0 Å². The Morgan fingerprint density at radius 3 is 2.72 bits per heavy atom. The number of nitrogens with zero attached hydrogens (tertiary/aromatic N) is 4. The fraction of sp³-hybridized carbons (Fsp3) is 0.571. The van der Waals surface area contributed by atoms with Gasteiger partial charge in [0.15, 0.2) is 5.69 Å². The molecule has 4 rings (SSSR count). The molecule has 1 unspecified atom stereocenters. The van der Waals surface area contributed by atoms with Crippen LogP contribution < -0.4 is 20.4 Å². The first-order chi connectivity index (χ1) is 15.3. The summed E-state index contributed by atoms with van der Waals surface area (Å²) in [7, 11) is 0. The van der Waals surface area contributed by atoms with E-state index in [2.05, 4.69) is 25.5 Å².